The Morgan fingerprint density at radius 3 is 2.09 bits per heavy atom. The maximum absolute atomic E-state index is 5.27. The molecule has 3 heteroatoms. The maximum Gasteiger partial charge on any atom is 0.147 e. The van der Waals surface area contributed by atoms with Crippen LogP contribution in [0.2, 0.25) is 0 Å². The van der Waals surface area contributed by atoms with Gasteiger partial charge in [0.05, 0.1) is 11.0 Å². The fourth-order valence-corrected chi connectivity index (χ4v) is 6.68. The number of rotatable bonds is 0. The van der Waals surface area contributed by atoms with Crippen LogP contribution in [0.25, 0.3) is 27.5 Å². The average molecular weight is 456 g/mol. The zero-order valence-electron chi connectivity index (χ0n) is 23.2. The van der Waals surface area contributed by atoms with Crippen molar-refractivity contribution in [2.45, 2.75) is 99.3 Å². The predicted molar refractivity (Wildman–Crippen MR) is 145 cm³/mol. The highest BCUT2D eigenvalue weighted by Gasteiger charge is 2.59. The van der Waals surface area contributed by atoms with Gasteiger partial charge in [0.15, 0.2) is 0 Å². The Morgan fingerprint density at radius 2 is 1.47 bits per heavy atom. The molecule has 2 bridgehead atoms. The maximum atomic E-state index is 5.27. The summed E-state index contributed by atoms with van der Waals surface area (Å²) in [6.45, 7) is 28.6. The Bertz CT molecular complexity index is 1490. The van der Waals surface area contributed by atoms with Gasteiger partial charge in [0, 0.05) is 28.9 Å². The van der Waals surface area contributed by atoms with Crippen LogP contribution in [0.5, 0.6) is 0 Å². The summed E-state index contributed by atoms with van der Waals surface area (Å²) in [4.78, 5) is 10.1. The first-order valence-electron chi connectivity index (χ1n) is 12.7. The van der Waals surface area contributed by atoms with E-state index in [9.17, 15) is 0 Å². The largest absolute Gasteiger partial charge is 0.299 e. The summed E-state index contributed by atoms with van der Waals surface area (Å²) in [6, 6.07) is 6.84. The van der Waals surface area contributed by atoms with Crippen molar-refractivity contribution in [3.8, 4) is 0 Å². The van der Waals surface area contributed by atoms with Crippen LogP contribution in [0.15, 0.2) is 30.6 Å². The molecule has 180 valence electrons. The van der Waals surface area contributed by atoms with E-state index < -0.39 is 0 Å². The first-order valence-corrected chi connectivity index (χ1v) is 12.7. The minimum atomic E-state index is -0.0537. The highest BCUT2D eigenvalue weighted by Crippen LogP contribution is 2.64. The van der Waals surface area contributed by atoms with Crippen molar-refractivity contribution in [2.75, 3.05) is 0 Å². The van der Waals surface area contributed by atoms with Gasteiger partial charge in [-0.1, -0.05) is 76.2 Å². The highest BCUT2D eigenvalue weighted by molar-refractivity contribution is 5.99. The number of aromatic nitrogens is 3. The van der Waals surface area contributed by atoms with Gasteiger partial charge in [-0.25, -0.2) is 4.98 Å². The lowest BCUT2D eigenvalue weighted by Crippen LogP contribution is -2.53. The zero-order valence-corrected chi connectivity index (χ0v) is 23.2. The molecule has 0 atom stereocenters. The van der Waals surface area contributed by atoms with E-state index in [0.717, 1.165) is 22.2 Å². The third kappa shape index (κ3) is 2.59. The minimum absolute atomic E-state index is 0.00166. The van der Waals surface area contributed by atoms with Crippen LogP contribution in [0.4, 0.5) is 0 Å². The van der Waals surface area contributed by atoms with E-state index in [1.165, 1.54) is 27.6 Å². The third-order valence-electron chi connectivity index (χ3n) is 10.6. The Hall–Kier alpha value is -2.42. The highest BCUT2D eigenvalue weighted by atomic mass is 15.0. The smallest absolute Gasteiger partial charge is 0.147 e. The molecule has 0 amide bonds. The van der Waals surface area contributed by atoms with Crippen LogP contribution < -0.4 is 0 Å². The lowest BCUT2D eigenvalue weighted by molar-refractivity contribution is -0.0207. The van der Waals surface area contributed by atoms with E-state index in [-0.39, 0.29) is 27.1 Å². The molecule has 4 aromatic rings. The second kappa shape index (κ2) is 6.42. The summed E-state index contributed by atoms with van der Waals surface area (Å²) in [6.07, 6.45) is 4.25. The predicted octanol–water partition coefficient (Wildman–Crippen LogP) is 8.26. The van der Waals surface area contributed by atoms with Crippen LogP contribution in [-0.2, 0) is 16.2 Å². The van der Waals surface area contributed by atoms with E-state index >= 15 is 0 Å². The normalized spacial score (nSPS) is 20.7. The molecule has 0 spiro atoms. The molecular weight excluding hydrogens is 414 g/mol. The zero-order chi connectivity index (χ0) is 25.2. The van der Waals surface area contributed by atoms with Gasteiger partial charge >= 0.3 is 0 Å². The molecule has 1 aliphatic carbocycles. The number of imidazole rings is 1. The number of hydrogen-bond acceptors (Lipinski definition) is 2. The van der Waals surface area contributed by atoms with Crippen LogP contribution in [-0.4, -0.2) is 14.4 Å². The molecule has 3 aromatic heterocycles. The van der Waals surface area contributed by atoms with E-state index in [0.29, 0.717) is 0 Å². The van der Waals surface area contributed by atoms with Gasteiger partial charge in [-0.3, -0.25) is 9.38 Å². The van der Waals surface area contributed by atoms with E-state index in [1.807, 2.05) is 6.20 Å². The van der Waals surface area contributed by atoms with Gasteiger partial charge in [0.2, 0.25) is 0 Å². The van der Waals surface area contributed by atoms with Crippen LogP contribution >= 0.6 is 0 Å². The fraction of sp³-hybridized carbons (Fsp3) is 0.548. The van der Waals surface area contributed by atoms with Crippen molar-refractivity contribution in [2.24, 2.45) is 10.8 Å². The number of hydrogen-bond donors (Lipinski definition) is 0. The number of fused-ring (bicyclic) bond motifs is 8. The summed E-state index contributed by atoms with van der Waals surface area (Å²) >= 11 is 0. The first kappa shape index (κ1) is 23.3. The van der Waals surface area contributed by atoms with Crippen molar-refractivity contribution in [1.29, 1.82) is 0 Å². The van der Waals surface area contributed by atoms with E-state index in [4.69, 9.17) is 9.97 Å². The summed E-state index contributed by atoms with van der Waals surface area (Å²) < 4.78 is 2.32. The molecule has 3 heterocycles. The van der Waals surface area contributed by atoms with Gasteiger partial charge < -0.3 is 0 Å². The minimum Gasteiger partial charge on any atom is -0.299 e. The van der Waals surface area contributed by atoms with Gasteiger partial charge in [-0.05, 0) is 68.9 Å². The lowest BCUT2D eigenvalue weighted by atomic mass is 9.47. The average Bonchev–Trinajstić information content (AvgIpc) is 3.09. The van der Waals surface area contributed by atoms with E-state index in [2.05, 4.69) is 112 Å². The SMILES string of the molecule is Cc1c2cc3nc4c5cnc(C(C)(C)C)cc5ccn4c3c1C(C)(C)C(C)(C)C(C)(C)C2(C)C. The molecule has 0 unspecified atom stereocenters. The standard InChI is InChI=1S/C31H41N3/c1-18-21-16-22-25(24(18)29(7,8)31(11,12)30(9,10)28(21,5)6)34-14-13-19-15-23(27(2,3)4)32-17-20(19)26(34)33-22/h13-17H,1-12H3. The molecule has 3 nitrogen and oxygen atoms in total. The molecule has 0 radical (unpaired) electrons. The summed E-state index contributed by atoms with van der Waals surface area (Å²) in [5.41, 5.74) is 8.83. The molecule has 1 aliphatic rings. The summed E-state index contributed by atoms with van der Waals surface area (Å²) in [5, 5.41) is 2.32. The molecule has 0 fully saturated rings. The quantitative estimate of drug-likeness (QED) is 0.267. The number of pyridine rings is 2. The van der Waals surface area contributed by atoms with Crippen LogP contribution in [0.1, 0.15) is 98.5 Å². The second-order valence-electron chi connectivity index (χ2n) is 13.8. The van der Waals surface area contributed by atoms with Gasteiger partial charge in [-0.2, -0.15) is 0 Å². The van der Waals surface area contributed by atoms with Crippen molar-refractivity contribution in [3.05, 3.63) is 53.0 Å². The molecule has 5 rings (SSSR count). The Kier molecular flexibility index (Phi) is 4.40. The van der Waals surface area contributed by atoms with Gasteiger partial charge in [0.1, 0.15) is 5.65 Å². The second-order valence-corrected chi connectivity index (χ2v) is 13.8. The molecule has 0 aliphatic heterocycles. The Labute approximate surface area is 205 Å². The Balaban J connectivity index is 1.96. The molecular formula is C31H41N3. The van der Waals surface area contributed by atoms with Crippen LogP contribution in [0.3, 0.4) is 0 Å². The molecule has 0 saturated heterocycles. The molecule has 0 saturated carbocycles. The van der Waals surface area contributed by atoms with Gasteiger partial charge in [-0.15, -0.1) is 0 Å². The monoisotopic (exact) mass is 455 g/mol. The molecule has 34 heavy (non-hydrogen) atoms. The van der Waals surface area contributed by atoms with Crippen molar-refractivity contribution in [3.63, 3.8) is 0 Å². The van der Waals surface area contributed by atoms with Gasteiger partial charge in [0.25, 0.3) is 0 Å². The summed E-state index contributed by atoms with van der Waals surface area (Å²) in [7, 11) is 0. The summed E-state index contributed by atoms with van der Waals surface area (Å²) in [5.74, 6) is 0. The Morgan fingerprint density at radius 1 is 0.853 bits per heavy atom. The van der Waals surface area contributed by atoms with E-state index in [1.54, 1.807) is 0 Å². The number of benzene rings is 1. The first-order chi connectivity index (χ1) is 15.4. The van der Waals surface area contributed by atoms with Crippen molar-refractivity contribution >= 4 is 27.5 Å². The fourth-order valence-electron chi connectivity index (χ4n) is 6.68. The molecule has 0 N–H and O–H groups in total. The van der Waals surface area contributed by atoms with Crippen molar-refractivity contribution in [1.82, 2.24) is 14.4 Å². The van der Waals surface area contributed by atoms with Crippen molar-refractivity contribution < 1.29 is 0 Å². The third-order valence-corrected chi connectivity index (χ3v) is 10.6. The number of nitrogens with zero attached hydrogens (tertiary/aromatic N) is 3. The molecule has 1 aromatic carbocycles. The van der Waals surface area contributed by atoms with Crippen LogP contribution in [0, 0.1) is 17.8 Å². The lowest BCUT2D eigenvalue weighted by Gasteiger charge is -2.57. The topological polar surface area (TPSA) is 30.2 Å².